The van der Waals surface area contributed by atoms with Gasteiger partial charge in [-0.05, 0) is 30.5 Å². The quantitative estimate of drug-likeness (QED) is 0.658. The van der Waals surface area contributed by atoms with Crippen LogP contribution in [-0.2, 0) is 22.6 Å². The molecule has 0 bridgehead atoms. The molecule has 29 heavy (non-hydrogen) atoms. The van der Waals surface area contributed by atoms with Gasteiger partial charge in [-0.1, -0.05) is 26.0 Å². The molecule has 0 N–H and O–H groups in total. The summed E-state index contributed by atoms with van der Waals surface area (Å²) >= 11 is 1.65. The van der Waals surface area contributed by atoms with E-state index in [4.69, 9.17) is 14.5 Å². The highest BCUT2D eigenvalue weighted by molar-refractivity contribution is 7.09. The SMILES string of the molecule is CC(Oc1ccc(C(C)C)cc1)C(=O)N(C)Cc1csc(CN2CCOCC2)n1. The average molecular weight is 418 g/mol. The van der Waals surface area contributed by atoms with Crippen molar-refractivity contribution in [1.82, 2.24) is 14.8 Å². The third kappa shape index (κ3) is 6.26. The van der Waals surface area contributed by atoms with E-state index < -0.39 is 6.10 Å². The van der Waals surface area contributed by atoms with Gasteiger partial charge in [0, 0.05) is 25.5 Å². The molecule has 0 spiro atoms. The Bertz CT molecular complexity index is 785. The first kappa shape index (κ1) is 21.7. The number of nitrogens with zero attached hydrogens (tertiary/aromatic N) is 3. The molecule has 1 aliphatic heterocycles. The van der Waals surface area contributed by atoms with Crippen LogP contribution in [0.1, 0.15) is 43.0 Å². The zero-order valence-electron chi connectivity index (χ0n) is 17.8. The predicted octanol–water partition coefficient (Wildman–Crippen LogP) is 3.52. The Hall–Kier alpha value is -1.96. The van der Waals surface area contributed by atoms with Crippen molar-refractivity contribution < 1.29 is 14.3 Å². The maximum Gasteiger partial charge on any atom is 0.263 e. The topological polar surface area (TPSA) is 54.9 Å². The summed E-state index contributed by atoms with van der Waals surface area (Å²) in [6, 6.07) is 7.95. The fraction of sp³-hybridized carbons (Fsp3) is 0.545. The molecule has 0 radical (unpaired) electrons. The van der Waals surface area contributed by atoms with Gasteiger partial charge in [-0.25, -0.2) is 4.98 Å². The van der Waals surface area contributed by atoms with E-state index in [1.807, 2.05) is 29.6 Å². The summed E-state index contributed by atoms with van der Waals surface area (Å²) in [7, 11) is 1.80. The largest absolute Gasteiger partial charge is 0.481 e. The minimum atomic E-state index is -0.545. The van der Waals surface area contributed by atoms with Crippen molar-refractivity contribution in [3.63, 3.8) is 0 Å². The van der Waals surface area contributed by atoms with Gasteiger partial charge in [0.05, 0.1) is 32.0 Å². The molecule has 1 aromatic heterocycles. The van der Waals surface area contributed by atoms with Gasteiger partial charge in [-0.3, -0.25) is 9.69 Å². The lowest BCUT2D eigenvalue weighted by atomic mass is 10.0. The van der Waals surface area contributed by atoms with Crippen LogP contribution in [0.2, 0.25) is 0 Å². The van der Waals surface area contributed by atoms with Gasteiger partial charge >= 0.3 is 0 Å². The van der Waals surface area contributed by atoms with Gasteiger partial charge in [-0.15, -0.1) is 11.3 Å². The summed E-state index contributed by atoms with van der Waals surface area (Å²) < 4.78 is 11.2. The van der Waals surface area contributed by atoms with E-state index in [-0.39, 0.29) is 5.91 Å². The maximum absolute atomic E-state index is 12.7. The van der Waals surface area contributed by atoms with Crippen molar-refractivity contribution in [2.75, 3.05) is 33.4 Å². The van der Waals surface area contributed by atoms with Crippen molar-refractivity contribution in [1.29, 1.82) is 0 Å². The minimum Gasteiger partial charge on any atom is -0.481 e. The number of hydrogen-bond acceptors (Lipinski definition) is 6. The number of carbonyl (C=O) groups is 1. The summed E-state index contributed by atoms with van der Waals surface area (Å²) in [5.41, 5.74) is 2.17. The maximum atomic E-state index is 12.7. The Kier molecular flexibility index (Phi) is 7.64. The molecular formula is C22H31N3O3S. The van der Waals surface area contributed by atoms with E-state index in [0.29, 0.717) is 18.2 Å². The van der Waals surface area contributed by atoms with Gasteiger partial charge < -0.3 is 14.4 Å². The molecule has 1 amide bonds. The number of rotatable bonds is 8. The lowest BCUT2D eigenvalue weighted by molar-refractivity contribution is -0.137. The van der Waals surface area contributed by atoms with Crippen molar-refractivity contribution in [2.24, 2.45) is 0 Å². The molecule has 6 nitrogen and oxygen atoms in total. The molecule has 1 saturated heterocycles. The van der Waals surface area contributed by atoms with Crippen molar-refractivity contribution in [2.45, 2.75) is 45.9 Å². The Morgan fingerprint density at radius 3 is 2.59 bits per heavy atom. The molecule has 2 aromatic rings. The van der Waals surface area contributed by atoms with Crippen LogP contribution >= 0.6 is 11.3 Å². The number of amides is 1. The Balaban J connectivity index is 1.50. The van der Waals surface area contributed by atoms with E-state index in [9.17, 15) is 4.79 Å². The molecule has 1 atom stereocenters. The summed E-state index contributed by atoms with van der Waals surface area (Å²) in [5, 5.41) is 3.12. The van der Waals surface area contributed by atoms with E-state index in [0.717, 1.165) is 43.5 Å². The van der Waals surface area contributed by atoms with Gasteiger partial charge in [-0.2, -0.15) is 0 Å². The van der Waals surface area contributed by atoms with Crippen LogP contribution in [0.5, 0.6) is 5.75 Å². The molecule has 0 aliphatic carbocycles. The number of hydrogen-bond donors (Lipinski definition) is 0. The van der Waals surface area contributed by atoms with Crippen LogP contribution in [0.3, 0.4) is 0 Å². The second-order valence-corrected chi connectivity index (χ2v) is 8.74. The first-order chi connectivity index (χ1) is 13.9. The first-order valence-electron chi connectivity index (χ1n) is 10.2. The monoisotopic (exact) mass is 417 g/mol. The Morgan fingerprint density at radius 1 is 1.24 bits per heavy atom. The number of benzene rings is 1. The summed E-state index contributed by atoms with van der Waals surface area (Å²) in [6.07, 6.45) is -0.545. The molecule has 1 fully saturated rings. The smallest absolute Gasteiger partial charge is 0.263 e. The highest BCUT2D eigenvalue weighted by atomic mass is 32.1. The van der Waals surface area contributed by atoms with E-state index in [1.165, 1.54) is 5.56 Å². The molecule has 0 saturated carbocycles. The number of likely N-dealkylation sites (N-methyl/N-ethyl adjacent to an activating group) is 1. The minimum absolute atomic E-state index is 0.0549. The van der Waals surface area contributed by atoms with E-state index in [1.54, 1.807) is 30.2 Å². The summed E-state index contributed by atoms with van der Waals surface area (Å²) in [6.45, 7) is 10.9. The highest BCUT2D eigenvalue weighted by Gasteiger charge is 2.21. The fourth-order valence-corrected chi connectivity index (χ4v) is 4.09. The molecule has 1 aliphatic rings. The summed E-state index contributed by atoms with van der Waals surface area (Å²) in [5.74, 6) is 1.13. The number of thiazole rings is 1. The third-order valence-electron chi connectivity index (χ3n) is 5.04. The highest BCUT2D eigenvalue weighted by Crippen LogP contribution is 2.20. The zero-order chi connectivity index (χ0) is 20.8. The van der Waals surface area contributed by atoms with E-state index >= 15 is 0 Å². The second-order valence-electron chi connectivity index (χ2n) is 7.80. The van der Waals surface area contributed by atoms with Gasteiger partial charge in [0.1, 0.15) is 10.8 Å². The molecule has 1 aromatic carbocycles. The number of aromatic nitrogens is 1. The Morgan fingerprint density at radius 2 is 1.93 bits per heavy atom. The molecule has 3 rings (SSSR count). The number of morpholine rings is 1. The van der Waals surface area contributed by atoms with Crippen LogP contribution in [0.4, 0.5) is 0 Å². The fourth-order valence-electron chi connectivity index (χ4n) is 3.26. The first-order valence-corrected chi connectivity index (χ1v) is 11.1. The zero-order valence-corrected chi connectivity index (χ0v) is 18.6. The molecular weight excluding hydrogens is 386 g/mol. The third-order valence-corrected chi connectivity index (χ3v) is 5.93. The Labute approximate surface area is 177 Å². The molecule has 1 unspecified atom stereocenters. The lowest BCUT2D eigenvalue weighted by Crippen LogP contribution is -2.37. The van der Waals surface area contributed by atoms with Crippen molar-refractivity contribution in [3.05, 3.63) is 45.9 Å². The van der Waals surface area contributed by atoms with Crippen LogP contribution in [0.25, 0.3) is 0 Å². The van der Waals surface area contributed by atoms with E-state index in [2.05, 4.69) is 18.7 Å². The van der Waals surface area contributed by atoms with Crippen LogP contribution in [0, 0.1) is 0 Å². The van der Waals surface area contributed by atoms with Crippen molar-refractivity contribution in [3.8, 4) is 5.75 Å². The molecule has 158 valence electrons. The van der Waals surface area contributed by atoms with Crippen LogP contribution in [-0.4, -0.2) is 60.1 Å². The normalized spacial score (nSPS) is 16.0. The molecule has 2 heterocycles. The second kappa shape index (κ2) is 10.2. The average Bonchev–Trinajstić information content (AvgIpc) is 3.15. The van der Waals surface area contributed by atoms with Crippen LogP contribution in [0.15, 0.2) is 29.6 Å². The van der Waals surface area contributed by atoms with Gasteiger partial charge in [0.2, 0.25) is 0 Å². The number of carbonyl (C=O) groups excluding carboxylic acids is 1. The number of ether oxygens (including phenoxy) is 2. The van der Waals surface area contributed by atoms with Crippen molar-refractivity contribution >= 4 is 17.2 Å². The van der Waals surface area contributed by atoms with Crippen LogP contribution < -0.4 is 4.74 Å². The predicted molar refractivity (Wildman–Crippen MR) is 115 cm³/mol. The van der Waals surface area contributed by atoms with Gasteiger partial charge in [0.15, 0.2) is 6.10 Å². The standard InChI is InChI=1S/C22H31N3O3S/c1-16(2)18-5-7-20(8-6-18)28-17(3)22(26)24(4)13-19-15-29-21(23-19)14-25-9-11-27-12-10-25/h5-8,15-17H,9-14H2,1-4H3. The molecule has 7 heteroatoms. The summed E-state index contributed by atoms with van der Waals surface area (Å²) in [4.78, 5) is 21.4. The van der Waals surface area contributed by atoms with Gasteiger partial charge in [0.25, 0.3) is 5.91 Å². The lowest BCUT2D eigenvalue weighted by Gasteiger charge is -2.25.